The van der Waals surface area contributed by atoms with Gasteiger partial charge < -0.3 is 5.32 Å². The first-order chi connectivity index (χ1) is 15.0. The second kappa shape index (κ2) is 7.57. The first-order valence-corrected chi connectivity index (χ1v) is 11.5. The molecule has 0 radical (unpaired) electrons. The van der Waals surface area contributed by atoms with E-state index in [0.717, 1.165) is 11.1 Å². The third-order valence-electron chi connectivity index (χ3n) is 6.19. The highest BCUT2D eigenvalue weighted by Gasteiger charge is 2.49. The zero-order valence-electron chi connectivity index (χ0n) is 16.6. The number of hydrogen-bond donors (Lipinski definition) is 1. The van der Waals surface area contributed by atoms with E-state index in [-0.39, 0.29) is 22.9 Å². The lowest BCUT2D eigenvalue weighted by molar-refractivity contribution is 0.102. The summed E-state index contributed by atoms with van der Waals surface area (Å²) >= 11 is 0. The van der Waals surface area contributed by atoms with E-state index < -0.39 is 15.8 Å². The molecule has 3 aliphatic rings. The molecule has 6 rings (SSSR count). The molecule has 31 heavy (non-hydrogen) atoms. The van der Waals surface area contributed by atoms with Crippen LogP contribution in [0.5, 0.6) is 0 Å². The van der Waals surface area contributed by atoms with E-state index in [9.17, 15) is 12.8 Å². The van der Waals surface area contributed by atoms with Gasteiger partial charge in [-0.05, 0) is 53.1 Å². The highest BCUT2D eigenvalue weighted by molar-refractivity contribution is 7.89. The van der Waals surface area contributed by atoms with Crippen molar-refractivity contribution in [2.45, 2.75) is 22.9 Å². The third kappa shape index (κ3) is 3.53. The molecule has 1 N–H and O–H groups in total. The van der Waals surface area contributed by atoms with Gasteiger partial charge in [-0.2, -0.15) is 9.57 Å². The Labute approximate surface area is 180 Å². The van der Waals surface area contributed by atoms with Gasteiger partial charge in [0.05, 0.1) is 16.5 Å². The zero-order chi connectivity index (χ0) is 21.6. The van der Waals surface area contributed by atoms with Crippen LogP contribution in [-0.2, 0) is 10.0 Å². The van der Waals surface area contributed by atoms with E-state index in [0.29, 0.717) is 18.7 Å². The summed E-state index contributed by atoms with van der Waals surface area (Å²) in [5.41, 5.74) is 3.94. The molecule has 0 aliphatic carbocycles. The predicted molar refractivity (Wildman–Crippen MR) is 115 cm³/mol. The van der Waals surface area contributed by atoms with Crippen LogP contribution in [0.4, 0.5) is 4.39 Å². The summed E-state index contributed by atoms with van der Waals surface area (Å²) in [6, 6.07) is 23.0. The summed E-state index contributed by atoms with van der Waals surface area (Å²) in [4.78, 5) is 0.124. The van der Waals surface area contributed by atoms with Gasteiger partial charge in [-0.15, -0.1) is 0 Å². The predicted octanol–water partition coefficient (Wildman–Crippen LogP) is 3.49. The molecule has 3 aromatic rings. The fraction of sp³-hybridized carbons (Fsp3) is 0.208. The lowest BCUT2D eigenvalue weighted by Gasteiger charge is -2.54. The number of benzene rings is 3. The van der Waals surface area contributed by atoms with Crippen molar-refractivity contribution < 1.29 is 12.8 Å². The number of nitrogens with one attached hydrogen (secondary N) is 1. The smallest absolute Gasteiger partial charge is 0.243 e. The van der Waals surface area contributed by atoms with Crippen molar-refractivity contribution in [3.63, 3.8) is 0 Å². The second-order valence-corrected chi connectivity index (χ2v) is 9.93. The largest absolute Gasteiger partial charge is 0.307 e. The molecule has 5 nitrogen and oxygen atoms in total. The van der Waals surface area contributed by atoms with Gasteiger partial charge >= 0.3 is 0 Å². The number of hydrogen-bond acceptors (Lipinski definition) is 4. The van der Waals surface area contributed by atoms with Gasteiger partial charge in [0.1, 0.15) is 5.82 Å². The standard InChI is InChI=1S/C24H20FN3O2S/c25-20-9-11-21(12-10-20)31(29,30)28-14-22-24(23(15-28)27-22)19-7-5-18(6-8-19)17-3-1-16(13-26)2-4-17/h1-12,22-24,27H,14-15H2/t22-,23+,24?. The molecule has 156 valence electrons. The minimum Gasteiger partial charge on any atom is -0.307 e. The van der Waals surface area contributed by atoms with Crippen molar-refractivity contribution in [3.8, 4) is 17.2 Å². The van der Waals surface area contributed by atoms with Gasteiger partial charge in [0.2, 0.25) is 10.0 Å². The molecular weight excluding hydrogens is 413 g/mol. The number of piperidine rings is 1. The zero-order valence-corrected chi connectivity index (χ0v) is 17.4. The molecule has 3 atom stereocenters. The van der Waals surface area contributed by atoms with Crippen LogP contribution in [0.15, 0.2) is 77.7 Å². The van der Waals surface area contributed by atoms with Crippen LogP contribution in [0, 0.1) is 17.1 Å². The second-order valence-electron chi connectivity index (χ2n) is 7.99. The molecule has 3 saturated heterocycles. The molecule has 0 spiro atoms. The molecule has 3 heterocycles. The topological polar surface area (TPSA) is 73.2 Å². The molecule has 0 saturated carbocycles. The minimum atomic E-state index is -3.63. The van der Waals surface area contributed by atoms with Crippen molar-refractivity contribution >= 4 is 10.0 Å². The molecule has 0 aromatic heterocycles. The molecule has 7 heteroatoms. The summed E-state index contributed by atoms with van der Waals surface area (Å²) in [5, 5.41) is 12.4. The third-order valence-corrected chi connectivity index (χ3v) is 8.04. The Bertz CT molecular complexity index is 1240. The van der Waals surface area contributed by atoms with E-state index in [4.69, 9.17) is 5.26 Å². The van der Waals surface area contributed by atoms with Crippen molar-refractivity contribution in [3.05, 3.63) is 89.7 Å². The number of piperazine rings is 1. The van der Waals surface area contributed by atoms with Crippen LogP contribution in [0.3, 0.4) is 0 Å². The molecule has 2 bridgehead atoms. The average molecular weight is 434 g/mol. The van der Waals surface area contributed by atoms with E-state index in [1.54, 1.807) is 12.1 Å². The van der Waals surface area contributed by atoms with Crippen LogP contribution in [0.2, 0.25) is 0 Å². The summed E-state index contributed by atoms with van der Waals surface area (Å²) in [6.07, 6.45) is 0. The van der Waals surface area contributed by atoms with Crippen LogP contribution in [0.25, 0.3) is 11.1 Å². The van der Waals surface area contributed by atoms with Crippen LogP contribution in [-0.4, -0.2) is 37.9 Å². The fourth-order valence-corrected chi connectivity index (χ4v) is 6.03. The normalized spacial score (nSPS) is 23.0. The van der Waals surface area contributed by atoms with Gasteiger partial charge in [-0.3, -0.25) is 0 Å². The molecule has 0 amide bonds. The Morgan fingerprint density at radius 2 is 1.42 bits per heavy atom. The summed E-state index contributed by atoms with van der Waals surface area (Å²) in [7, 11) is -3.63. The van der Waals surface area contributed by atoms with Crippen molar-refractivity contribution in [2.24, 2.45) is 0 Å². The minimum absolute atomic E-state index is 0.0507. The number of halogens is 1. The summed E-state index contributed by atoms with van der Waals surface area (Å²) < 4.78 is 40.5. The maximum atomic E-state index is 13.2. The van der Waals surface area contributed by atoms with Gasteiger partial charge in [0.15, 0.2) is 0 Å². The van der Waals surface area contributed by atoms with E-state index in [1.807, 2.05) is 12.1 Å². The molecule has 3 aromatic carbocycles. The molecule has 3 fully saturated rings. The Balaban J connectivity index is 1.31. The van der Waals surface area contributed by atoms with Crippen LogP contribution >= 0.6 is 0 Å². The van der Waals surface area contributed by atoms with E-state index in [2.05, 4.69) is 35.7 Å². The summed E-state index contributed by atoms with van der Waals surface area (Å²) in [6.45, 7) is 0.774. The first kappa shape index (κ1) is 19.9. The number of rotatable bonds is 4. The SMILES string of the molecule is N#Cc1ccc(-c2ccc(C3[C@@H]4CN(S(=O)(=O)c5ccc(F)cc5)C[C@H]3N4)cc2)cc1. The van der Waals surface area contributed by atoms with Crippen molar-refractivity contribution in [1.29, 1.82) is 5.26 Å². The van der Waals surface area contributed by atoms with Gasteiger partial charge in [-0.1, -0.05) is 36.4 Å². The monoisotopic (exact) mass is 433 g/mol. The summed E-state index contributed by atoms with van der Waals surface area (Å²) in [5.74, 6) is -0.193. The van der Waals surface area contributed by atoms with Crippen molar-refractivity contribution in [1.82, 2.24) is 9.62 Å². The number of nitrogens with zero attached hydrogens (tertiary/aromatic N) is 2. The van der Waals surface area contributed by atoms with Crippen LogP contribution in [0.1, 0.15) is 17.0 Å². The number of nitriles is 1. The average Bonchev–Trinajstić information content (AvgIpc) is 2.80. The first-order valence-electron chi connectivity index (χ1n) is 10.1. The Kier molecular flexibility index (Phi) is 4.86. The maximum absolute atomic E-state index is 13.2. The lowest BCUT2D eigenvalue weighted by atomic mass is 9.75. The molecule has 3 aliphatic heterocycles. The van der Waals surface area contributed by atoms with Crippen molar-refractivity contribution in [2.75, 3.05) is 13.1 Å². The highest BCUT2D eigenvalue weighted by atomic mass is 32.2. The maximum Gasteiger partial charge on any atom is 0.243 e. The fourth-order valence-electron chi connectivity index (χ4n) is 4.54. The van der Waals surface area contributed by atoms with E-state index in [1.165, 1.54) is 34.1 Å². The van der Waals surface area contributed by atoms with Gasteiger partial charge in [-0.25, -0.2) is 12.8 Å². The molecular formula is C24H20FN3O2S. The Morgan fingerprint density at radius 3 is 1.97 bits per heavy atom. The molecule has 1 unspecified atom stereocenters. The number of sulfonamides is 1. The van der Waals surface area contributed by atoms with E-state index >= 15 is 0 Å². The van der Waals surface area contributed by atoms with Gasteiger partial charge in [0, 0.05) is 31.1 Å². The quantitative estimate of drug-likeness (QED) is 0.684. The number of fused-ring (bicyclic) bond motifs is 2. The van der Waals surface area contributed by atoms with Crippen LogP contribution < -0.4 is 5.32 Å². The lowest BCUT2D eigenvalue weighted by Crippen LogP contribution is -2.72. The Hall–Kier alpha value is -3.05. The highest BCUT2D eigenvalue weighted by Crippen LogP contribution is 2.39. The van der Waals surface area contributed by atoms with Gasteiger partial charge in [0.25, 0.3) is 0 Å². The Morgan fingerprint density at radius 1 is 0.871 bits per heavy atom.